The lowest BCUT2D eigenvalue weighted by molar-refractivity contribution is -0.125. The normalized spacial score (nSPS) is 26.1. The highest BCUT2D eigenvalue weighted by atomic mass is 16.2. The molecule has 5 heteroatoms. The standard InChI is InChI=1S/C18H25N3O2/c1-18(16(22)19-17(23)20-18)15-9-12-21(13-10-15)11-5-8-14-6-3-2-4-7-14/h2-4,6-7,15H,5,8-13H2,1H3,(H2,19,20,22,23). The number of imide groups is 1. The van der Waals surface area contributed by atoms with Gasteiger partial charge in [0.05, 0.1) is 0 Å². The molecule has 2 fully saturated rings. The first kappa shape index (κ1) is 16.0. The molecule has 124 valence electrons. The second-order valence-electron chi connectivity index (χ2n) is 6.82. The third kappa shape index (κ3) is 3.55. The van der Waals surface area contributed by atoms with Crippen LogP contribution >= 0.6 is 0 Å². The van der Waals surface area contributed by atoms with Crippen LogP contribution in [0.4, 0.5) is 4.79 Å². The largest absolute Gasteiger partial charge is 0.323 e. The molecule has 0 bridgehead atoms. The van der Waals surface area contributed by atoms with E-state index in [0.29, 0.717) is 0 Å². The average Bonchev–Trinajstić information content (AvgIpc) is 2.82. The number of rotatable bonds is 5. The smallest absolute Gasteiger partial charge is 0.322 e. The molecule has 0 aliphatic carbocycles. The number of carbonyl (C=O) groups is 2. The Kier molecular flexibility index (Phi) is 4.66. The topological polar surface area (TPSA) is 61.4 Å². The van der Waals surface area contributed by atoms with E-state index in [1.165, 1.54) is 5.56 Å². The van der Waals surface area contributed by atoms with Crippen LogP contribution in [0, 0.1) is 5.92 Å². The van der Waals surface area contributed by atoms with E-state index < -0.39 is 5.54 Å². The Morgan fingerprint density at radius 2 is 1.87 bits per heavy atom. The molecule has 2 aliphatic rings. The Balaban J connectivity index is 1.44. The van der Waals surface area contributed by atoms with Gasteiger partial charge in [-0.2, -0.15) is 0 Å². The van der Waals surface area contributed by atoms with Crippen LogP contribution in [0.1, 0.15) is 31.7 Å². The summed E-state index contributed by atoms with van der Waals surface area (Å²) in [6, 6.07) is 10.2. The maximum absolute atomic E-state index is 12.0. The molecule has 2 saturated heterocycles. The Labute approximate surface area is 137 Å². The van der Waals surface area contributed by atoms with Gasteiger partial charge in [-0.25, -0.2) is 4.79 Å². The monoisotopic (exact) mass is 315 g/mol. The van der Waals surface area contributed by atoms with E-state index in [9.17, 15) is 9.59 Å². The number of amides is 3. The van der Waals surface area contributed by atoms with Crippen molar-refractivity contribution in [3.63, 3.8) is 0 Å². The van der Waals surface area contributed by atoms with Crippen LogP contribution in [-0.2, 0) is 11.2 Å². The minimum atomic E-state index is -0.729. The number of hydrogen-bond donors (Lipinski definition) is 2. The van der Waals surface area contributed by atoms with Crippen molar-refractivity contribution in [2.75, 3.05) is 19.6 Å². The Bertz CT molecular complexity index is 567. The quantitative estimate of drug-likeness (QED) is 0.816. The molecule has 1 atom stereocenters. The van der Waals surface area contributed by atoms with Gasteiger partial charge in [0.15, 0.2) is 0 Å². The molecule has 1 aromatic carbocycles. The van der Waals surface area contributed by atoms with E-state index in [1.54, 1.807) is 0 Å². The zero-order chi connectivity index (χ0) is 16.3. The first-order valence-corrected chi connectivity index (χ1v) is 8.48. The van der Waals surface area contributed by atoms with Gasteiger partial charge in [-0.15, -0.1) is 0 Å². The van der Waals surface area contributed by atoms with Gasteiger partial charge < -0.3 is 10.2 Å². The Morgan fingerprint density at radius 3 is 2.48 bits per heavy atom. The average molecular weight is 315 g/mol. The summed E-state index contributed by atoms with van der Waals surface area (Å²) >= 11 is 0. The van der Waals surface area contributed by atoms with Crippen molar-refractivity contribution in [3.05, 3.63) is 35.9 Å². The SMILES string of the molecule is CC1(C2CCN(CCCc3ccccc3)CC2)NC(=O)NC1=O. The first-order valence-electron chi connectivity index (χ1n) is 8.48. The third-order valence-corrected chi connectivity index (χ3v) is 5.26. The highest BCUT2D eigenvalue weighted by Gasteiger charge is 2.48. The summed E-state index contributed by atoms with van der Waals surface area (Å²) in [7, 11) is 0. The number of piperidine rings is 1. The summed E-state index contributed by atoms with van der Waals surface area (Å²) < 4.78 is 0. The van der Waals surface area contributed by atoms with Crippen molar-refractivity contribution in [2.45, 2.75) is 38.1 Å². The summed E-state index contributed by atoms with van der Waals surface area (Å²) in [5.41, 5.74) is 0.660. The summed E-state index contributed by atoms with van der Waals surface area (Å²) in [5, 5.41) is 5.18. The van der Waals surface area contributed by atoms with Crippen LogP contribution in [0.2, 0.25) is 0 Å². The lowest BCUT2D eigenvalue weighted by Gasteiger charge is -2.38. The highest BCUT2D eigenvalue weighted by molar-refractivity contribution is 6.06. The van der Waals surface area contributed by atoms with Crippen LogP contribution < -0.4 is 10.6 Å². The highest BCUT2D eigenvalue weighted by Crippen LogP contribution is 2.30. The number of aryl methyl sites for hydroxylation is 1. The first-order chi connectivity index (χ1) is 11.1. The van der Waals surface area contributed by atoms with Crippen molar-refractivity contribution < 1.29 is 9.59 Å². The molecule has 0 aromatic heterocycles. The summed E-state index contributed by atoms with van der Waals surface area (Å²) in [5.74, 6) is 0.0457. The number of likely N-dealkylation sites (tertiary alicyclic amines) is 1. The lowest BCUT2D eigenvalue weighted by Crippen LogP contribution is -2.53. The molecule has 2 aliphatic heterocycles. The maximum Gasteiger partial charge on any atom is 0.322 e. The molecule has 1 aromatic rings. The van der Waals surface area contributed by atoms with Crippen molar-refractivity contribution in [2.24, 2.45) is 5.92 Å². The van der Waals surface area contributed by atoms with Gasteiger partial charge in [0.1, 0.15) is 5.54 Å². The molecular weight excluding hydrogens is 290 g/mol. The molecule has 0 spiro atoms. The summed E-state index contributed by atoms with van der Waals surface area (Å²) in [4.78, 5) is 25.9. The van der Waals surface area contributed by atoms with Gasteiger partial charge in [0.25, 0.3) is 5.91 Å². The predicted octanol–water partition coefficient (Wildman–Crippen LogP) is 1.93. The van der Waals surface area contributed by atoms with Crippen LogP contribution in [-0.4, -0.2) is 42.0 Å². The molecular formula is C18H25N3O2. The van der Waals surface area contributed by atoms with Gasteiger partial charge in [0, 0.05) is 0 Å². The van der Waals surface area contributed by atoms with Crippen molar-refractivity contribution in [3.8, 4) is 0 Å². The maximum atomic E-state index is 12.0. The third-order valence-electron chi connectivity index (χ3n) is 5.26. The fourth-order valence-electron chi connectivity index (χ4n) is 3.73. The minimum Gasteiger partial charge on any atom is -0.323 e. The molecule has 5 nitrogen and oxygen atoms in total. The molecule has 3 amide bonds. The number of urea groups is 1. The van der Waals surface area contributed by atoms with Gasteiger partial charge in [-0.3, -0.25) is 10.1 Å². The molecule has 2 heterocycles. The Hall–Kier alpha value is -1.88. The lowest BCUT2D eigenvalue weighted by atomic mass is 9.79. The van der Waals surface area contributed by atoms with Gasteiger partial charge in [-0.1, -0.05) is 30.3 Å². The molecule has 0 saturated carbocycles. The number of benzene rings is 1. The summed E-state index contributed by atoms with van der Waals surface area (Å²) in [6.45, 7) is 4.94. The minimum absolute atomic E-state index is 0.176. The number of hydrogen-bond acceptors (Lipinski definition) is 3. The van der Waals surface area contributed by atoms with E-state index in [-0.39, 0.29) is 17.9 Å². The van der Waals surface area contributed by atoms with E-state index in [1.807, 2.05) is 13.0 Å². The van der Waals surface area contributed by atoms with Crippen LogP contribution in [0.15, 0.2) is 30.3 Å². The zero-order valence-corrected chi connectivity index (χ0v) is 13.7. The number of nitrogens with zero attached hydrogens (tertiary/aromatic N) is 1. The van der Waals surface area contributed by atoms with E-state index >= 15 is 0 Å². The van der Waals surface area contributed by atoms with Crippen LogP contribution in [0.5, 0.6) is 0 Å². The summed E-state index contributed by atoms with van der Waals surface area (Å²) in [6.07, 6.45) is 4.17. The predicted molar refractivity (Wildman–Crippen MR) is 89.0 cm³/mol. The van der Waals surface area contributed by atoms with Crippen molar-refractivity contribution in [1.82, 2.24) is 15.5 Å². The molecule has 0 radical (unpaired) electrons. The van der Waals surface area contributed by atoms with E-state index in [2.05, 4.69) is 39.8 Å². The fourth-order valence-corrected chi connectivity index (χ4v) is 3.73. The fraction of sp³-hybridized carbons (Fsp3) is 0.556. The Morgan fingerprint density at radius 1 is 1.17 bits per heavy atom. The van der Waals surface area contributed by atoms with Crippen molar-refractivity contribution >= 4 is 11.9 Å². The second kappa shape index (κ2) is 6.71. The molecule has 23 heavy (non-hydrogen) atoms. The molecule has 3 rings (SSSR count). The van der Waals surface area contributed by atoms with Gasteiger partial charge in [-0.05, 0) is 63.7 Å². The molecule has 1 unspecified atom stereocenters. The number of carbonyl (C=O) groups excluding carboxylic acids is 2. The van der Waals surface area contributed by atoms with Gasteiger partial charge >= 0.3 is 6.03 Å². The van der Waals surface area contributed by atoms with E-state index in [0.717, 1.165) is 45.3 Å². The zero-order valence-electron chi connectivity index (χ0n) is 13.7. The van der Waals surface area contributed by atoms with Crippen molar-refractivity contribution in [1.29, 1.82) is 0 Å². The van der Waals surface area contributed by atoms with Gasteiger partial charge in [0.2, 0.25) is 0 Å². The molecule has 2 N–H and O–H groups in total. The van der Waals surface area contributed by atoms with E-state index in [4.69, 9.17) is 0 Å². The second-order valence-corrected chi connectivity index (χ2v) is 6.82. The van der Waals surface area contributed by atoms with Crippen LogP contribution in [0.25, 0.3) is 0 Å². The number of nitrogens with one attached hydrogen (secondary N) is 2. The van der Waals surface area contributed by atoms with Crippen LogP contribution in [0.3, 0.4) is 0 Å².